The molecule has 1 atom stereocenters. The summed E-state index contributed by atoms with van der Waals surface area (Å²) in [5.41, 5.74) is 3.82. The van der Waals surface area contributed by atoms with Crippen LogP contribution < -0.4 is 4.74 Å². The Bertz CT molecular complexity index is 577. The third kappa shape index (κ3) is 3.38. The second-order valence-corrected chi connectivity index (χ2v) is 4.86. The molecule has 0 saturated heterocycles. The van der Waals surface area contributed by atoms with Gasteiger partial charge in [-0.25, -0.2) is 4.79 Å². The second kappa shape index (κ2) is 6.24. The van der Waals surface area contributed by atoms with Gasteiger partial charge < -0.3 is 9.84 Å². The highest BCUT2D eigenvalue weighted by Gasteiger charge is 2.12. The molecule has 1 N–H and O–H groups in total. The summed E-state index contributed by atoms with van der Waals surface area (Å²) in [5, 5.41) is 8.56. The van der Waals surface area contributed by atoms with E-state index in [1.54, 1.807) is 12.1 Å². The lowest BCUT2D eigenvalue weighted by Gasteiger charge is -2.17. The van der Waals surface area contributed by atoms with Crippen LogP contribution in [0.5, 0.6) is 5.75 Å². The van der Waals surface area contributed by atoms with E-state index in [4.69, 9.17) is 5.11 Å². The molecule has 0 heterocycles. The van der Waals surface area contributed by atoms with E-state index in [-0.39, 0.29) is 0 Å². The summed E-state index contributed by atoms with van der Waals surface area (Å²) in [6.07, 6.45) is 8.08. The molecule has 1 aliphatic carbocycles. The number of benzene rings is 1. The zero-order chi connectivity index (χ0) is 14.5. The van der Waals surface area contributed by atoms with Crippen LogP contribution in [-0.2, 0) is 0 Å². The minimum Gasteiger partial charge on any atom is -0.449 e. The van der Waals surface area contributed by atoms with Crippen LogP contribution in [0.25, 0.3) is 0 Å². The summed E-state index contributed by atoms with van der Waals surface area (Å²) in [5.74, 6) is 0.638. The first-order valence-electron chi connectivity index (χ1n) is 6.61. The lowest BCUT2D eigenvalue weighted by molar-refractivity contribution is 0.144. The summed E-state index contributed by atoms with van der Waals surface area (Å²) in [6.45, 7) is 4.30. The molecule has 1 aromatic rings. The quantitative estimate of drug-likeness (QED) is 0.640. The van der Waals surface area contributed by atoms with Crippen LogP contribution in [0.4, 0.5) is 4.79 Å². The normalized spacial score (nSPS) is 17.7. The second-order valence-electron chi connectivity index (χ2n) is 4.86. The van der Waals surface area contributed by atoms with Crippen LogP contribution in [0.3, 0.4) is 0 Å². The van der Waals surface area contributed by atoms with Gasteiger partial charge in [0.1, 0.15) is 5.75 Å². The van der Waals surface area contributed by atoms with E-state index in [1.165, 1.54) is 11.1 Å². The van der Waals surface area contributed by atoms with Crippen LogP contribution in [-0.4, -0.2) is 11.3 Å². The monoisotopic (exact) mass is 270 g/mol. The van der Waals surface area contributed by atoms with Crippen molar-refractivity contribution in [2.45, 2.75) is 26.2 Å². The van der Waals surface area contributed by atoms with Gasteiger partial charge in [0.25, 0.3) is 0 Å². The van der Waals surface area contributed by atoms with Gasteiger partial charge in [0, 0.05) is 5.92 Å². The van der Waals surface area contributed by atoms with Gasteiger partial charge in [-0.3, -0.25) is 0 Å². The zero-order valence-electron chi connectivity index (χ0n) is 11.7. The van der Waals surface area contributed by atoms with Gasteiger partial charge in [-0.15, -0.1) is 0 Å². The molecule has 0 radical (unpaired) electrons. The molecule has 1 unspecified atom stereocenters. The Kier molecular flexibility index (Phi) is 4.41. The van der Waals surface area contributed by atoms with Crippen molar-refractivity contribution in [2.75, 3.05) is 0 Å². The summed E-state index contributed by atoms with van der Waals surface area (Å²) in [6, 6.07) is 7.20. The average Bonchev–Trinajstić information content (AvgIpc) is 2.47. The number of ether oxygens (including phenoxy) is 1. The van der Waals surface area contributed by atoms with Crippen molar-refractivity contribution in [1.29, 1.82) is 0 Å². The van der Waals surface area contributed by atoms with Gasteiger partial charge in [0.2, 0.25) is 0 Å². The predicted octanol–water partition coefficient (Wildman–Crippen LogP) is 4.68. The molecule has 3 nitrogen and oxygen atoms in total. The van der Waals surface area contributed by atoms with E-state index in [2.05, 4.69) is 42.9 Å². The van der Waals surface area contributed by atoms with Gasteiger partial charge in [-0.1, -0.05) is 48.9 Å². The van der Waals surface area contributed by atoms with Gasteiger partial charge in [0.05, 0.1) is 0 Å². The van der Waals surface area contributed by atoms with E-state index in [1.807, 2.05) is 12.1 Å². The van der Waals surface area contributed by atoms with Crippen molar-refractivity contribution in [1.82, 2.24) is 0 Å². The Balaban J connectivity index is 2.16. The van der Waals surface area contributed by atoms with Crippen molar-refractivity contribution in [3.05, 3.63) is 65.3 Å². The average molecular weight is 270 g/mol. The Morgan fingerprint density at radius 2 is 1.95 bits per heavy atom. The molecule has 0 fully saturated rings. The van der Waals surface area contributed by atoms with E-state index in [9.17, 15) is 4.79 Å². The maximum absolute atomic E-state index is 10.5. The number of carbonyl (C=O) groups is 1. The topological polar surface area (TPSA) is 46.5 Å². The van der Waals surface area contributed by atoms with Gasteiger partial charge in [-0.05, 0) is 36.6 Å². The molecule has 0 bridgehead atoms. The Labute approximate surface area is 118 Å². The summed E-state index contributed by atoms with van der Waals surface area (Å²) < 4.78 is 4.61. The van der Waals surface area contributed by atoms with Gasteiger partial charge >= 0.3 is 6.16 Å². The number of rotatable bonds is 3. The molecule has 0 aromatic heterocycles. The molecule has 20 heavy (non-hydrogen) atoms. The fourth-order valence-corrected chi connectivity index (χ4v) is 2.26. The SMILES string of the molecule is CC(=C1C=CC=CC1)C(C)c1ccc(OC(=O)O)cc1. The fourth-order valence-electron chi connectivity index (χ4n) is 2.26. The minimum absolute atomic E-state index is 0.292. The molecule has 0 aliphatic heterocycles. The van der Waals surface area contributed by atoms with Crippen LogP contribution in [0.15, 0.2) is 59.7 Å². The Morgan fingerprint density at radius 1 is 1.25 bits per heavy atom. The standard InChI is InChI=1S/C17H18O3/c1-12(14-6-4-3-5-7-14)13(2)15-8-10-16(11-9-15)20-17(18)19/h3-6,8-11,13H,7H2,1-2H3,(H,18,19). The van der Waals surface area contributed by atoms with Crippen LogP contribution >= 0.6 is 0 Å². The molecule has 0 saturated carbocycles. The number of hydrogen-bond acceptors (Lipinski definition) is 2. The van der Waals surface area contributed by atoms with Crippen LogP contribution in [0.1, 0.15) is 31.7 Å². The third-order valence-electron chi connectivity index (χ3n) is 3.62. The smallest absolute Gasteiger partial charge is 0.449 e. The van der Waals surface area contributed by atoms with Crippen molar-refractivity contribution >= 4 is 6.16 Å². The Morgan fingerprint density at radius 3 is 2.50 bits per heavy atom. The molecular weight excluding hydrogens is 252 g/mol. The highest BCUT2D eigenvalue weighted by Crippen LogP contribution is 2.29. The zero-order valence-corrected chi connectivity index (χ0v) is 11.7. The van der Waals surface area contributed by atoms with Crippen molar-refractivity contribution in [2.24, 2.45) is 0 Å². The fraction of sp³-hybridized carbons (Fsp3) is 0.235. The first-order chi connectivity index (χ1) is 9.58. The maximum atomic E-state index is 10.5. The van der Waals surface area contributed by atoms with Crippen LogP contribution in [0.2, 0.25) is 0 Å². The summed E-state index contributed by atoms with van der Waals surface area (Å²) in [7, 11) is 0. The highest BCUT2D eigenvalue weighted by molar-refractivity contribution is 5.61. The van der Waals surface area contributed by atoms with E-state index in [0.29, 0.717) is 11.7 Å². The molecule has 1 aromatic carbocycles. The summed E-state index contributed by atoms with van der Waals surface area (Å²) in [4.78, 5) is 10.5. The molecule has 0 amide bonds. The third-order valence-corrected chi connectivity index (χ3v) is 3.62. The molecular formula is C17H18O3. The maximum Gasteiger partial charge on any atom is 0.511 e. The van der Waals surface area contributed by atoms with Crippen LogP contribution in [0, 0.1) is 0 Å². The highest BCUT2D eigenvalue weighted by atomic mass is 16.7. The van der Waals surface area contributed by atoms with E-state index in [0.717, 1.165) is 12.0 Å². The number of hydrogen-bond donors (Lipinski definition) is 1. The molecule has 3 heteroatoms. The van der Waals surface area contributed by atoms with Crippen molar-refractivity contribution in [3.63, 3.8) is 0 Å². The van der Waals surface area contributed by atoms with Gasteiger partial charge in [-0.2, -0.15) is 0 Å². The lowest BCUT2D eigenvalue weighted by Crippen LogP contribution is -2.03. The molecule has 104 valence electrons. The first-order valence-corrected chi connectivity index (χ1v) is 6.61. The minimum atomic E-state index is -1.29. The molecule has 0 spiro atoms. The molecule has 1 aliphatic rings. The number of allylic oxidation sites excluding steroid dienone is 6. The first kappa shape index (κ1) is 14.1. The van der Waals surface area contributed by atoms with E-state index < -0.39 is 6.16 Å². The predicted molar refractivity (Wildman–Crippen MR) is 79.1 cm³/mol. The number of carboxylic acid groups (broad SMARTS) is 1. The largest absolute Gasteiger partial charge is 0.511 e. The van der Waals surface area contributed by atoms with Gasteiger partial charge in [0.15, 0.2) is 0 Å². The lowest BCUT2D eigenvalue weighted by atomic mass is 9.88. The van der Waals surface area contributed by atoms with E-state index >= 15 is 0 Å². The molecule has 2 rings (SSSR count). The van der Waals surface area contributed by atoms with Crippen molar-refractivity contribution < 1.29 is 14.6 Å². The summed E-state index contributed by atoms with van der Waals surface area (Å²) >= 11 is 0. The van der Waals surface area contributed by atoms with Crippen molar-refractivity contribution in [3.8, 4) is 5.75 Å². The Hall–Kier alpha value is -2.29.